The van der Waals surface area contributed by atoms with Gasteiger partial charge in [-0.1, -0.05) is 146 Å². The zero-order chi connectivity index (χ0) is 40.5. The zero-order valence-corrected chi connectivity index (χ0v) is 33.6. The quantitative estimate of drug-likeness (QED) is 0.167. The second-order valence-corrected chi connectivity index (χ2v) is 16.5. The molecule has 0 aliphatic heterocycles. The van der Waals surface area contributed by atoms with Gasteiger partial charge >= 0.3 is 0 Å². The van der Waals surface area contributed by atoms with Crippen molar-refractivity contribution in [3.05, 3.63) is 218 Å². The molecular weight excluding hydrogens is 753 g/mol. The lowest BCUT2D eigenvalue weighted by molar-refractivity contribution is 1.27. The molecule has 0 aliphatic carbocycles. The Hall–Kier alpha value is -8.34. The zero-order valence-electron chi connectivity index (χ0n) is 33.6. The van der Waals surface area contributed by atoms with Crippen LogP contribution in [0.1, 0.15) is 0 Å². The molecule has 4 nitrogen and oxygen atoms in total. The molecule has 0 spiro atoms. The van der Waals surface area contributed by atoms with E-state index in [1.165, 1.54) is 92.6 Å². The van der Waals surface area contributed by atoms with Crippen molar-refractivity contribution >= 4 is 121 Å². The molecular formula is C58H36N4. The molecule has 0 N–H and O–H groups in total. The first-order valence-electron chi connectivity index (χ1n) is 21.4. The van der Waals surface area contributed by atoms with Crippen LogP contribution in [0.25, 0.3) is 87.0 Å². The van der Waals surface area contributed by atoms with Gasteiger partial charge in [0, 0.05) is 71.2 Å². The highest BCUT2D eigenvalue weighted by Crippen LogP contribution is 2.52. The summed E-state index contributed by atoms with van der Waals surface area (Å²) in [5, 5.41) is 12.6. The number of nitrogens with zero attached hydrogens (tertiary/aromatic N) is 4. The molecule has 10 aromatic carbocycles. The van der Waals surface area contributed by atoms with E-state index >= 15 is 0 Å². The minimum absolute atomic E-state index is 1.12. The predicted octanol–water partition coefficient (Wildman–Crippen LogP) is 16.1. The lowest BCUT2D eigenvalue weighted by Gasteiger charge is -2.28. The van der Waals surface area contributed by atoms with Gasteiger partial charge in [-0.05, 0) is 78.2 Å². The minimum Gasteiger partial charge on any atom is -0.308 e. The van der Waals surface area contributed by atoms with Crippen LogP contribution in [-0.4, -0.2) is 8.80 Å². The van der Waals surface area contributed by atoms with Gasteiger partial charge in [-0.2, -0.15) is 0 Å². The highest BCUT2D eigenvalue weighted by Gasteiger charge is 2.29. The van der Waals surface area contributed by atoms with Gasteiger partial charge in [-0.25, -0.2) is 0 Å². The van der Waals surface area contributed by atoms with Gasteiger partial charge in [-0.15, -0.1) is 0 Å². The van der Waals surface area contributed by atoms with E-state index in [2.05, 4.69) is 237 Å². The number of para-hydroxylation sites is 7. The average Bonchev–Trinajstić information content (AvgIpc) is 4.07. The van der Waals surface area contributed by atoms with Crippen LogP contribution in [0.15, 0.2) is 218 Å². The second kappa shape index (κ2) is 12.6. The van der Waals surface area contributed by atoms with Gasteiger partial charge in [0.2, 0.25) is 0 Å². The molecule has 4 heteroatoms. The molecule has 288 valence electrons. The van der Waals surface area contributed by atoms with Crippen LogP contribution in [0.2, 0.25) is 0 Å². The molecule has 0 amide bonds. The second-order valence-electron chi connectivity index (χ2n) is 16.5. The van der Waals surface area contributed by atoms with E-state index in [-0.39, 0.29) is 0 Å². The molecule has 0 saturated heterocycles. The highest BCUT2D eigenvalue weighted by molar-refractivity contribution is 6.37. The summed E-state index contributed by atoms with van der Waals surface area (Å²) in [5.41, 5.74) is 14.2. The number of hydrogen-bond donors (Lipinski definition) is 0. The summed E-state index contributed by atoms with van der Waals surface area (Å²) in [6, 6.07) is 79.9. The SMILES string of the molecule is c1ccc(N(c2ccccc2)c2cccc3c4cccc5c6c7c8cccc9c%10cc%11ccccc%11c(N(c%11ccccc%11)c%11ccccc%11)c%10n(c7ccc6n(c23)c45)c98)cc1. The number of anilines is 6. The van der Waals surface area contributed by atoms with E-state index in [9.17, 15) is 0 Å². The number of rotatable bonds is 6. The van der Waals surface area contributed by atoms with Crippen LogP contribution >= 0.6 is 0 Å². The lowest BCUT2D eigenvalue weighted by atomic mass is 9.99. The Kier molecular flexibility index (Phi) is 6.80. The van der Waals surface area contributed by atoms with Gasteiger partial charge < -0.3 is 18.6 Å². The first-order valence-corrected chi connectivity index (χ1v) is 21.4. The Morgan fingerprint density at radius 1 is 0.274 bits per heavy atom. The Morgan fingerprint density at radius 2 is 0.677 bits per heavy atom. The van der Waals surface area contributed by atoms with Gasteiger partial charge in [0.05, 0.1) is 44.5 Å². The van der Waals surface area contributed by atoms with E-state index in [0.717, 1.165) is 28.4 Å². The maximum absolute atomic E-state index is 2.58. The predicted molar refractivity (Wildman–Crippen MR) is 263 cm³/mol. The van der Waals surface area contributed by atoms with Crippen molar-refractivity contribution in [2.45, 2.75) is 0 Å². The maximum atomic E-state index is 2.58. The largest absolute Gasteiger partial charge is 0.308 e. The van der Waals surface area contributed by atoms with Crippen LogP contribution < -0.4 is 9.80 Å². The smallest absolute Gasteiger partial charge is 0.0789 e. The monoisotopic (exact) mass is 788 g/mol. The van der Waals surface area contributed by atoms with Gasteiger partial charge in [-0.3, -0.25) is 0 Å². The number of fused-ring (bicyclic) bond motifs is 14. The van der Waals surface area contributed by atoms with Crippen molar-refractivity contribution in [3.8, 4) is 0 Å². The molecule has 0 unspecified atom stereocenters. The summed E-state index contributed by atoms with van der Waals surface area (Å²) < 4.78 is 5.14. The fraction of sp³-hybridized carbons (Fsp3) is 0. The van der Waals surface area contributed by atoms with Crippen LogP contribution in [0.5, 0.6) is 0 Å². The first-order chi connectivity index (χ1) is 30.8. The summed E-state index contributed by atoms with van der Waals surface area (Å²) in [6.07, 6.45) is 0. The third-order valence-electron chi connectivity index (χ3n) is 13.3. The molecule has 0 bridgehead atoms. The highest BCUT2D eigenvalue weighted by atomic mass is 15.2. The molecule has 14 aromatic rings. The van der Waals surface area contributed by atoms with E-state index < -0.39 is 0 Å². The van der Waals surface area contributed by atoms with E-state index in [1.54, 1.807) is 0 Å². The number of benzene rings is 10. The summed E-state index contributed by atoms with van der Waals surface area (Å²) in [7, 11) is 0. The molecule has 0 saturated carbocycles. The molecule has 62 heavy (non-hydrogen) atoms. The lowest BCUT2D eigenvalue weighted by Crippen LogP contribution is -2.11. The summed E-state index contributed by atoms with van der Waals surface area (Å²) in [5.74, 6) is 0. The molecule has 0 fully saturated rings. The third-order valence-corrected chi connectivity index (χ3v) is 13.3. The molecule has 0 atom stereocenters. The van der Waals surface area contributed by atoms with Crippen LogP contribution in [0, 0.1) is 0 Å². The fourth-order valence-electron chi connectivity index (χ4n) is 10.9. The maximum Gasteiger partial charge on any atom is 0.0789 e. The normalized spacial score (nSPS) is 12.2. The standard InChI is InChI=1S/C58H36N4/c1-5-19-38(20-6-1)59(39-21-7-2-8-22-39)51-33-17-30-44-43-28-15-31-46-52-49(61(54(43)46)56(44)51)34-35-50-53(52)47-32-16-29-45-48-36-37-18-13-14-27-42(37)57(58(48)62(50)55(45)47)60(40-23-9-3-10-24-40)41-25-11-4-12-26-41/h1-36H. The van der Waals surface area contributed by atoms with E-state index in [0.29, 0.717) is 0 Å². The molecule has 14 rings (SSSR count). The molecule has 0 aliphatic rings. The van der Waals surface area contributed by atoms with Crippen LogP contribution in [0.3, 0.4) is 0 Å². The van der Waals surface area contributed by atoms with E-state index in [4.69, 9.17) is 0 Å². The molecule has 4 heterocycles. The number of aromatic nitrogens is 2. The fourth-order valence-corrected chi connectivity index (χ4v) is 10.9. The molecule has 0 radical (unpaired) electrons. The Balaban J connectivity index is 1.15. The van der Waals surface area contributed by atoms with Crippen molar-refractivity contribution in [3.63, 3.8) is 0 Å². The Bertz CT molecular complexity index is 3940. The van der Waals surface area contributed by atoms with Gasteiger partial charge in [0.25, 0.3) is 0 Å². The van der Waals surface area contributed by atoms with Gasteiger partial charge in [0.15, 0.2) is 0 Å². The first kappa shape index (κ1) is 33.5. The summed E-state index contributed by atoms with van der Waals surface area (Å²) >= 11 is 0. The third kappa shape index (κ3) is 4.40. The van der Waals surface area contributed by atoms with E-state index in [1.807, 2.05) is 0 Å². The Labute approximate surface area is 356 Å². The summed E-state index contributed by atoms with van der Waals surface area (Å²) in [4.78, 5) is 4.87. The topological polar surface area (TPSA) is 15.3 Å². The van der Waals surface area contributed by atoms with Crippen molar-refractivity contribution in [2.75, 3.05) is 9.80 Å². The van der Waals surface area contributed by atoms with Crippen molar-refractivity contribution in [1.29, 1.82) is 0 Å². The summed E-state index contributed by atoms with van der Waals surface area (Å²) in [6.45, 7) is 0. The van der Waals surface area contributed by atoms with Crippen molar-refractivity contribution in [2.24, 2.45) is 0 Å². The van der Waals surface area contributed by atoms with Gasteiger partial charge in [0.1, 0.15) is 0 Å². The minimum atomic E-state index is 1.12. The van der Waals surface area contributed by atoms with Crippen LogP contribution in [-0.2, 0) is 0 Å². The number of hydrogen-bond acceptors (Lipinski definition) is 2. The Morgan fingerprint density at radius 3 is 1.23 bits per heavy atom. The van der Waals surface area contributed by atoms with Crippen molar-refractivity contribution < 1.29 is 0 Å². The van der Waals surface area contributed by atoms with Crippen LogP contribution in [0.4, 0.5) is 34.1 Å². The van der Waals surface area contributed by atoms with Crippen molar-refractivity contribution in [1.82, 2.24) is 8.80 Å². The average molecular weight is 789 g/mol. The molecule has 4 aromatic heterocycles.